The fourth-order valence-corrected chi connectivity index (χ4v) is 2.84. The lowest BCUT2D eigenvalue weighted by Crippen LogP contribution is -2.32. The van der Waals surface area contributed by atoms with Crippen molar-refractivity contribution in [3.63, 3.8) is 0 Å². The van der Waals surface area contributed by atoms with Crippen molar-refractivity contribution in [1.29, 1.82) is 0 Å². The normalized spacial score (nSPS) is 25.3. The van der Waals surface area contributed by atoms with Crippen LogP contribution in [0.3, 0.4) is 0 Å². The van der Waals surface area contributed by atoms with Gasteiger partial charge in [-0.3, -0.25) is 4.79 Å². The largest absolute Gasteiger partial charge is 0.350 e. The molecule has 1 aromatic heterocycles. The highest BCUT2D eigenvalue weighted by atomic mass is 35.5. The maximum absolute atomic E-state index is 11.6. The molecule has 16 heavy (non-hydrogen) atoms. The second kappa shape index (κ2) is 5.59. The predicted octanol–water partition coefficient (Wildman–Crippen LogP) is 2.07. The second-order valence-electron chi connectivity index (χ2n) is 4.13. The molecule has 0 bridgehead atoms. The maximum Gasteiger partial charge on any atom is 0.272 e. The number of aromatic nitrogens is 2. The Morgan fingerprint density at radius 3 is 3.19 bits per heavy atom. The molecule has 1 fully saturated rings. The summed E-state index contributed by atoms with van der Waals surface area (Å²) in [6, 6.07) is 0. The number of nitrogens with zero attached hydrogens (tertiary/aromatic N) is 2. The molecule has 2 atom stereocenters. The molecule has 1 aromatic rings. The molecule has 2 rings (SSSR count). The third-order valence-corrected chi connectivity index (χ3v) is 3.76. The van der Waals surface area contributed by atoms with Gasteiger partial charge in [-0.2, -0.15) is 0 Å². The Hall–Kier alpha value is -0.680. The lowest BCUT2D eigenvalue weighted by atomic mass is 9.89. The fraction of sp³-hybridized carbons (Fsp3) is 0.700. The molecule has 1 heterocycles. The molecule has 6 heteroatoms. The summed E-state index contributed by atoms with van der Waals surface area (Å²) in [4.78, 5) is 11.6. The number of hydrogen-bond donors (Lipinski definition) is 1. The highest BCUT2D eigenvalue weighted by molar-refractivity contribution is 7.03. The Labute approximate surface area is 104 Å². The molecule has 0 radical (unpaired) electrons. The molecule has 2 unspecified atom stereocenters. The van der Waals surface area contributed by atoms with Crippen LogP contribution in [0.1, 0.15) is 36.2 Å². The summed E-state index contributed by atoms with van der Waals surface area (Å²) in [5, 5.41) is 8.54. The molecule has 1 aliphatic rings. The minimum Gasteiger partial charge on any atom is -0.350 e. The highest BCUT2D eigenvalue weighted by Gasteiger charge is 2.21. The van der Waals surface area contributed by atoms with Crippen LogP contribution in [-0.2, 0) is 0 Å². The van der Waals surface area contributed by atoms with Crippen molar-refractivity contribution in [3.05, 3.63) is 11.1 Å². The van der Waals surface area contributed by atoms with E-state index in [1.807, 2.05) is 0 Å². The Morgan fingerprint density at radius 2 is 2.50 bits per heavy atom. The Kier molecular flexibility index (Phi) is 4.12. The van der Waals surface area contributed by atoms with E-state index in [0.717, 1.165) is 25.7 Å². The SMILES string of the molecule is O=C(NCC1CCCC(Cl)C1)c1csnn1. The van der Waals surface area contributed by atoms with Gasteiger partial charge in [-0.25, -0.2) is 0 Å². The lowest BCUT2D eigenvalue weighted by Gasteiger charge is -2.25. The zero-order chi connectivity index (χ0) is 11.4. The monoisotopic (exact) mass is 259 g/mol. The first-order valence-electron chi connectivity index (χ1n) is 5.45. The van der Waals surface area contributed by atoms with Gasteiger partial charge in [-0.15, -0.1) is 16.7 Å². The Bertz CT molecular complexity index is 344. The first-order valence-corrected chi connectivity index (χ1v) is 6.72. The van der Waals surface area contributed by atoms with Gasteiger partial charge in [0.15, 0.2) is 5.69 Å². The number of rotatable bonds is 3. The molecule has 1 N–H and O–H groups in total. The number of halogens is 1. The highest BCUT2D eigenvalue weighted by Crippen LogP contribution is 2.27. The van der Waals surface area contributed by atoms with Gasteiger partial charge >= 0.3 is 0 Å². The molecule has 1 aliphatic carbocycles. The predicted molar refractivity (Wildman–Crippen MR) is 63.8 cm³/mol. The summed E-state index contributed by atoms with van der Waals surface area (Å²) in [5.74, 6) is 0.372. The smallest absolute Gasteiger partial charge is 0.272 e. The fourth-order valence-electron chi connectivity index (χ4n) is 2.00. The molecule has 88 valence electrons. The molecule has 4 nitrogen and oxygen atoms in total. The van der Waals surface area contributed by atoms with E-state index >= 15 is 0 Å². The van der Waals surface area contributed by atoms with Crippen molar-refractivity contribution < 1.29 is 4.79 Å². The van der Waals surface area contributed by atoms with E-state index in [-0.39, 0.29) is 11.3 Å². The quantitative estimate of drug-likeness (QED) is 0.846. The van der Waals surface area contributed by atoms with Gasteiger partial charge in [0, 0.05) is 17.3 Å². The van der Waals surface area contributed by atoms with Gasteiger partial charge in [-0.05, 0) is 36.7 Å². The van der Waals surface area contributed by atoms with E-state index in [1.165, 1.54) is 11.5 Å². The molecular formula is C10H14ClN3OS. The van der Waals surface area contributed by atoms with Crippen LogP contribution in [0.25, 0.3) is 0 Å². The van der Waals surface area contributed by atoms with Gasteiger partial charge in [0.2, 0.25) is 0 Å². The summed E-state index contributed by atoms with van der Waals surface area (Å²) in [5.41, 5.74) is 0.406. The summed E-state index contributed by atoms with van der Waals surface area (Å²) in [7, 11) is 0. The van der Waals surface area contributed by atoms with E-state index < -0.39 is 0 Å². The second-order valence-corrected chi connectivity index (χ2v) is 5.36. The molecule has 1 amide bonds. The van der Waals surface area contributed by atoms with Gasteiger partial charge < -0.3 is 5.32 Å². The van der Waals surface area contributed by atoms with E-state index in [2.05, 4.69) is 14.9 Å². The number of carbonyl (C=O) groups excluding carboxylic acids is 1. The van der Waals surface area contributed by atoms with Crippen molar-refractivity contribution in [1.82, 2.24) is 14.9 Å². The van der Waals surface area contributed by atoms with Crippen LogP contribution < -0.4 is 5.32 Å². The topological polar surface area (TPSA) is 54.9 Å². The van der Waals surface area contributed by atoms with E-state index in [1.54, 1.807) is 5.38 Å². The van der Waals surface area contributed by atoms with Crippen molar-refractivity contribution in [2.45, 2.75) is 31.1 Å². The number of amides is 1. The standard InChI is InChI=1S/C10H14ClN3OS/c11-8-3-1-2-7(4-8)5-12-10(15)9-6-16-14-13-9/h6-8H,1-5H2,(H,12,15). The molecule has 0 aliphatic heterocycles. The van der Waals surface area contributed by atoms with Crippen molar-refractivity contribution in [2.24, 2.45) is 5.92 Å². The molecule has 0 aromatic carbocycles. The average Bonchev–Trinajstić information content (AvgIpc) is 2.79. The summed E-state index contributed by atoms with van der Waals surface area (Å²) < 4.78 is 3.66. The van der Waals surface area contributed by atoms with Crippen molar-refractivity contribution in [3.8, 4) is 0 Å². The summed E-state index contributed by atoms with van der Waals surface area (Å²) >= 11 is 7.28. The van der Waals surface area contributed by atoms with Crippen LogP contribution in [0.15, 0.2) is 5.38 Å². The molecule has 0 spiro atoms. The first-order chi connectivity index (χ1) is 7.75. The zero-order valence-electron chi connectivity index (χ0n) is 8.86. The summed E-state index contributed by atoms with van der Waals surface area (Å²) in [6.07, 6.45) is 4.41. The maximum atomic E-state index is 11.6. The Balaban J connectivity index is 1.77. The Morgan fingerprint density at radius 1 is 1.62 bits per heavy atom. The van der Waals surface area contributed by atoms with E-state index in [0.29, 0.717) is 18.2 Å². The van der Waals surface area contributed by atoms with E-state index in [9.17, 15) is 4.79 Å². The molecule has 1 saturated carbocycles. The molecular weight excluding hydrogens is 246 g/mol. The minimum absolute atomic E-state index is 0.134. The van der Waals surface area contributed by atoms with E-state index in [4.69, 9.17) is 11.6 Å². The number of alkyl halides is 1. The first kappa shape index (κ1) is 11.8. The van der Waals surface area contributed by atoms with Crippen LogP contribution in [0, 0.1) is 5.92 Å². The van der Waals surface area contributed by atoms with Crippen molar-refractivity contribution in [2.75, 3.05) is 6.54 Å². The summed E-state index contributed by atoms with van der Waals surface area (Å²) in [6.45, 7) is 0.694. The third kappa shape index (κ3) is 3.15. The van der Waals surface area contributed by atoms with Gasteiger partial charge in [0.25, 0.3) is 5.91 Å². The number of carbonyl (C=O) groups is 1. The van der Waals surface area contributed by atoms with Crippen LogP contribution in [0.2, 0.25) is 0 Å². The molecule has 0 saturated heterocycles. The van der Waals surface area contributed by atoms with Crippen LogP contribution in [-0.4, -0.2) is 27.4 Å². The van der Waals surface area contributed by atoms with Crippen LogP contribution >= 0.6 is 23.1 Å². The average molecular weight is 260 g/mol. The minimum atomic E-state index is -0.134. The third-order valence-electron chi connectivity index (χ3n) is 2.86. The number of nitrogens with one attached hydrogen (secondary N) is 1. The van der Waals surface area contributed by atoms with Crippen LogP contribution in [0.5, 0.6) is 0 Å². The lowest BCUT2D eigenvalue weighted by molar-refractivity contribution is 0.0938. The van der Waals surface area contributed by atoms with Crippen LogP contribution in [0.4, 0.5) is 0 Å². The number of hydrogen-bond acceptors (Lipinski definition) is 4. The zero-order valence-corrected chi connectivity index (χ0v) is 10.4. The van der Waals surface area contributed by atoms with Gasteiger partial charge in [0.05, 0.1) is 0 Å². The van der Waals surface area contributed by atoms with Gasteiger partial charge in [-0.1, -0.05) is 10.9 Å². The van der Waals surface area contributed by atoms with Gasteiger partial charge in [0.1, 0.15) is 0 Å². The van der Waals surface area contributed by atoms with Crippen molar-refractivity contribution >= 4 is 29.0 Å².